The van der Waals surface area contributed by atoms with Crippen molar-refractivity contribution < 1.29 is 4.74 Å². The summed E-state index contributed by atoms with van der Waals surface area (Å²) in [4.78, 5) is 4.30. The Balaban J connectivity index is 2.55. The second-order valence-corrected chi connectivity index (χ2v) is 3.01. The van der Waals surface area contributed by atoms with E-state index < -0.39 is 0 Å². The Labute approximate surface area is 71.8 Å². The first-order valence-electron chi connectivity index (χ1n) is 4.05. The smallest absolute Gasteiger partial charge is 0.218 e. The number of pyridine rings is 1. The van der Waals surface area contributed by atoms with Crippen molar-refractivity contribution in [2.75, 3.05) is 7.11 Å². The monoisotopic (exact) mass is 164 g/mol. The van der Waals surface area contributed by atoms with Crippen LogP contribution in [0.25, 0.3) is 0 Å². The number of hydrogen-bond acceptors (Lipinski definition) is 3. The maximum absolute atomic E-state index is 5.19. The molecule has 2 rings (SSSR count). The van der Waals surface area contributed by atoms with E-state index in [1.165, 1.54) is 11.1 Å². The van der Waals surface area contributed by atoms with Gasteiger partial charge in [0.2, 0.25) is 5.88 Å². The zero-order chi connectivity index (χ0) is 8.55. The minimum atomic E-state index is 0.773. The molecule has 12 heavy (non-hydrogen) atoms. The topological polar surface area (TPSA) is 34.1 Å². The van der Waals surface area contributed by atoms with E-state index in [2.05, 4.69) is 16.4 Å². The minimum absolute atomic E-state index is 0.773. The molecule has 0 amide bonds. The summed E-state index contributed by atoms with van der Waals surface area (Å²) < 4.78 is 5.19. The number of nitrogens with one attached hydrogen (secondary N) is 1. The third-order valence-electron chi connectivity index (χ3n) is 2.12. The fourth-order valence-corrected chi connectivity index (χ4v) is 1.57. The maximum Gasteiger partial charge on any atom is 0.218 e. The van der Waals surface area contributed by atoms with Gasteiger partial charge in [0, 0.05) is 24.3 Å². The van der Waals surface area contributed by atoms with Crippen LogP contribution in [0.15, 0.2) is 6.07 Å². The molecule has 64 valence electrons. The molecule has 0 spiro atoms. The molecule has 0 saturated heterocycles. The second kappa shape index (κ2) is 2.75. The van der Waals surface area contributed by atoms with E-state index in [-0.39, 0.29) is 0 Å². The highest BCUT2D eigenvalue weighted by Crippen LogP contribution is 2.24. The molecule has 2 heterocycles. The van der Waals surface area contributed by atoms with Gasteiger partial charge in [0.25, 0.3) is 0 Å². The van der Waals surface area contributed by atoms with Crippen molar-refractivity contribution in [2.24, 2.45) is 0 Å². The third kappa shape index (κ3) is 1.06. The molecule has 0 aliphatic carbocycles. The molecule has 0 atom stereocenters. The molecule has 0 bridgehead atoms. The van der Waals surface area contributed by atoms with Gasteiger partial charge in [-0.1, -0.05) is 0 Å². The molecular formula is C9H12N2O. The largest absolute Gasteiger partial charge is 0.481 e. The minimum Gasteiger partial charge on any atom is -0.481 e. The SMILES string of the molecule is COc1nc(C)cc2c1CNC2. The van der Waals surface area contributed by atoms with E-state index in [1.807, 2.05) is 6.92 Å². The predicted octanol–water partition coefficient (Wildman–Crippen LogP) is 1.00. The van der Waals surface area contributed by atoms with Crippen molar-refractivity contribution in [2.45, 2.75) is 20.0 Å². The zero-order valence-corrected chi connectivity index (χ0v) is 7.35. The molecular weight excluding hydrogens is 152 g/mol. The molecule has 0 radical (unpaired) electrons. The normalized spacial score (nSPS) is 14.5. The summed E-state index contributed by atoms with van der Waals surface area (Å²) in [7, 11) is 1.67. The molecule has 3 nitrogen and oxygen atoms in total. The quantitative estimate of drug-likeness (QED) is 0.672. The fraction of sp³-hybridized carbons (Fsp3) is 0.444. The van der Waals surface area contributed by atoms with E-state index in [9.17, 15) is 0 Å². The summed E-state index contributed by atoms with van der Waals surface area (Å²) in [5, 5.41) is 3.27. The fourth-order valence-electron chi connectivity index (χ4n) is 1.57. The summed E-state index contributed by atoms with van der Waals surface area (Å²) >= 11 is 0. The summed E-state index contributed by atoms with van der Waals surface area (Å²) in [6.07, 6.45) is 0. The Morgan fingerprint density at radius 2 is 2.33 bits per heavy atom. The lowest BCUT2D eigenvalue weighted by atomic mass is 10.1. The third-order valence-corrected chi connectivity index (χ3v) is 2.12. The highest BCUT2D eigenvalue weighted by molar-refractivity contribution is 5.39. The van der Waals surface area contributed by atoms with Crippen LogP contribution in [0.1, 0.15) is 16.8 Å². The van der Waals surface area contributed by atoms with E-state index in [0.29, 0.717) is 0 Å². The number of nitrogens with zero attached hydrogens (tertiary/aromatic N) is 1. The molecule has 1 aromatic rings. The average molecular weight is 164 g/mol. The van der Waals surface area contributed by atoms with Gasteiger partial charge in [-0.25, -0.2) is 4.98 Å². The van der Waals surface area contributed by atoms with Crippen LogP contribution < -0.4 is 10.1 Å². The Morgan fingerprint density at radius 1 is 1.50 bits per heavy atom. The van der Waals surface area contributed by atoms with E-state index in [0.717, 1.165) is 24.7 Å². The number of hydrogen-bond donors (Lipinski definition) is 1. The number of rotatable bonds is 1. The highest BCUT2D eigenvalue weighted by atomic mass is 16.5. The van der Waals surface area contributed by atoms with Gasteiger partial charge in [-0.15, -0.1) is 0 Å². The van der Waals surface area contributed by atoms with Gasteiger partial charge in [0.05, 0.1) is 7.11 Å². The highest BCUT2D eigenvalue weighted by Gasteiger charge is 2.16. The summed E-state index contributed by atoms with van der Waals surface area (Å²) in [6.45, 7) is 3.81. The van der Waals surface area contributed by atoms with Gasteiger partial charge >= 0.3 is 0 Å². The van der Waals surface area contributed by atoms with Crippen molar-refractivity contribution in [1.82, 2.24) is 10.3 Å². The number of methoxy groups -OCH3 is 1. The standard InChI is InChI=1S/C9H12N2O/c1-6-3-7-4-10-5-8(7)9(11-6)12-2/h3,10H,4-5H2,1-2H3. The Bertz CT molecular complexity index is 310. The van der Waals surface area contributed by atoms with Gasteiger partial charge in [0.15, 0.2) is 0 Å². The van der Waals surface area contributed by atoms with Gasteiger partial charge in [-0.05, 0) is 18.6 Å². The number of fused-ring (bicyclic) bond motifs is 1. The molecule has 0 saturated carbocycles. The van der Waals surface area contributed by atoms with Crippen LogP contribution >= 0.6 is 0 Å². The van der Waals surface area contributed by atoms with Crippen molar-refractivity contribution in [3.05, 3.63) is 22.9 Å². The molecule has 3 heteroatoms. The summed E-state index contributed by atoms with van der Waals surface area (Å²) in [5.41, 5.74) is 3.55. The Kier molecular flexibility index (Phi) is 1.73. The number of ether oxygens (including phenoxy) is 1. The molecule has 1 aliphatic rings. The number of aryl methyl sites for hydroxylation is 1. The molecule has 0 aromatic carbocycles. The Hall–Kier alpha value is -1.09. The number of aromatic nitrogens is 1. The second-order valence-electron chi connectivity index (χ2n) is 3.01. The van der Waals surface area contributed by atoms with Crippen LogP contribution in [0, 0.1) is 6.92 Å². The molecule has 0 fully saturated rings. The van der Waals surface area contributed by atoms with Gasteiger partial charge in [0.1, 0.15) is 0 Å². The summed E-state index contributed by atoms with van der Waals surface area (Å²) in [5.74, 6) is 0.773. The molecule has 1 N–H and O–H groups in total. The van der Waals surface area contributed by atoms with Crippen LogP contribution in [0.3, 0.4) is 0 Å². The predicted molar refractivity (Wildman–Crippen MR) is 46.1 cm³/mol. The van der Waals surface area contributed by atoms with Crippen LogP contribution in [0.5, 0.6) is 5.88 Å². The van der Waals surface area contributed by atoms with Gasteiger partial charge in [-0.2, -0.15) is 0 Å². The average Bonchev–Trinajstić information content (AvgIpc) is 2.50. The summed E-state index contributed by atoms with van der Waals surface area (Å²) in [6, 6.07) is 2.11. The first-order chi connectivity index (χ1) is 5.81. The van der Waals surface area contributed by atoms with Crippen molar-refractivity contribution in [1.29, 1.82) is 0 Å². The first kappa shape index (κ1) is 7.55. The van der Waals surface area contributed by atoms with Crippen molar-refractivity contribution in [3.63, 3.8) is 0 Å². The molecule has 1 aliphatic heterocycles. The van der Waals surface area contributed by atoms with Crippen LogP contribution in [0.2, 0.25) is 0 Å². The van der Waals surface area contributed by atoms with Crippen LogP contribution in [0.4, 0.5) is 0 Å². The van der Waals surface area contributed by atoms with E-state index in [1.54, 1.807) is 7.11 Å². The van der Waals surface area contributed by atoms with E-state index in [4.69, 9.17) is 4.74 Å². The zero-order valence-electron chi connectivity index (χ0n) is 7.35. The van der Waals surface area contributed by atoms with Crippen molar-refractivity contribution >= 4 is 0 Å². The lowest BCUT2D eigenvalue weighted by Gasteiger charge is -2.05. The molecule has 1 aromatic heterocycles. The Morgan fingerprint density at radius 3 is 3.08 bits per heavy atom. The first-order valence-corrected chi connectivity index (χ1v) is 4.05. The van der Waals surface area contributed by atoms with Gasteiger partial charge < -0.3 is 10.1 Å². The molecule has 0 unspecified atom stereocenters. The maximum atomic E-state index is 5.19. The van der Waals surface area contributed by atoms with Gasteiger partial charge in [-0.3, -0.25) is 0 Å². The van der Waals surface area contributed by atoms with Crippen molar-refractivity contribution in [3.8, 4) is 5.88 Å². The van der Waals surface area contributed by atoms with E-state index >= 15 is 0 Å². The lowest BCUT2D eigenvalue weighted by Crippen LogP contribution is -2.00. The lowest BCUT2D eigenvalue weighted by molar-refractivity contribution is 0.391. The van der Waals surface area contributed by atoms with Crippen LogP contribution in [-0.4, -0.2) is 12.1 Å². The van der Waals surface area contributed by atoms with Crippen LogP contribution in [-0.2, 0) is 13.1 Å².